The Balaban J connectivity index is 2.20. The lowest BCUT2D eigenvalue weighted by molar-refractivity contribution is -0.132. The van der Waals surface area contributed by atoms with Gasteiger partial charge in [0.25, 0.3) is 0 Å². The molecule has 0 atom stereocenters. The maximum absolute atomic E-state index is 11.0. The maximum atomic E-state index is 11.0. The van der Waals surface area contributed by atoms with Gasteiger partial charge in [-0.05, 0) is 34.1 Å². The molecule has 0 fully saturated rings. The molecule has 3 rings (SSSR count). The highest BCUT2D eigenvalue weighted by Gasteiger charge is 2.27. The lowest BCUT2D eigenvalue weighted by Gasteiger charge is -2.11. The van der Waals surface area contributed by atoms with E-state index >= 15 is 0 Å². The highest BCUT2D eigenvalue weighted by Crippen LogP contribution is 2.45. The second kappa shape index (κ2) is 4.07. The number of fused-ring (bicyclic) bond motifs is 3. The van der Waals surface area contributed by atoms with Gasteiger partial charge in [-0.25, -0.2) is 4.79 Å². The minimum absolute atomic E-state index is 0.295. The first-order valence-electron chi connectivity index (χ1n) is 5.29. The van der Waals surface area contributed by atoms with Crippen LogP contribution in [-0.2, 0) is 4.79 Å². The third kappa shape index (κ3) is 1.64. The van der Waals surface area contributed by atoms with Gasteiger partial charge in [0.1, 0.15) is 0 Å². The van der Waals surface area contributed by atoms with Crippen LogP contribution in [-0.4, -0.2) is 16.8 Å². The Morgan fingerprint density at radius 3 is 2.94 bits per heavy atom. The van der Waals surface area contributed by atoms with E-state index in [2.05, 4.69) is 20.9 Å². The van der Waals surface area contributed by atoms with Crippen molar-refractivity contribution in [3.05, 3.63) is 44.9 Å². The number of carbonyl (C=O) groups is 1. The molecule has 2 aliphatic rings. The first-order chi connectivity index (χ1) is 8.58. The van der Waals surface area contributed by atoms with Gasteiger partial charge in [-0.1, -0.05) is 17.7 Å². The van der Waals surface area contributed by atoms with Gasteiger partial charge in [0, 0.05) is 22.0 Å². The van der Waals surface area contributed by atoms with Crippen molar-refractivity contribution in [3.8, 4) is 0 Å². The first-order valence-corrected chi connectivity index (χ1v) is 6.46. The van der Waals surface area contributed by atoms with Crippen molar-refractivity contribution in [2.75, 3.05) is 0 Å². The van der Waals surface area contributed by atoms with Crippen LogP contribution in [0.4, 0.5) is 5.69 Å². The second-order valence-electron chi connectivity index (χ2n) is 4.04. The monoisotopic (exact) mass is 323 g/mol. The van der Waals surface area contributed by atoms with E-state index in [1.165, 1.54) is 0 Å². The first kappa shape index (κ1) is 11.7. The van der Waals surface area contributed by atoms with Crippen LogP contribution < -0.4 is 0 Å². The van der Waals surface area contributed by atoms with Crippen LogP contribution in [0.3, 0.4) is 0 Å². The Morgan fingerprint density at radius 1 is 1.44 bits per heavy atom. The van der Waals surface area contributed by atoms with Gasteiger partial charge >= 0.3 is 5.97 Å². The van der Waals surface area contributed by atoms with Gasteiger partial charge in [-0.15, -0.1) is 0 Å². The van der Waals surface area contributed by atoms with Crippen molar-refractivity contribution in [3.63, 3.8) is 0 Å². The zero-order valence-corrected chi connectivity index (χ0v) is 11.4. The number of benzene rings is 1. The van der Waals surface area contributed by atoms with Gasteiger partial charge in [0.15, 0.2) is 0 Å². The minimum atomic E-state index is -0.923. The summed E-state index contributed by atoms with van der Waals surface area (Å²) in [7, 11) is 0. The fourth-order valence-corrected chi connectivity index (χ4v) is 2.83. The summed E-state index contributed by atoms with van der Waals surface area (Å²) in [6.45, 7) is 0. The van der Waals surface area contributed by atoms with Crippen molar-refractivity contribution in [2.24, 2.45) is 4.99 Å². The number of hydrogen-bond donors (Lipinski definition) is 1. The molecule has 0 spiro atoms. The average molecular weight is 325 g/mol. The lowest BCUT2D eigenvalue weighted by Crippen LogP contribution is -2.07. The van der Waals surface area contributed by atoms with E-state index in [0.29, 0.717) is 17.0 Å². The summed E-state index contributed by atoms with van der Waals surface area (Å²) in [6.07, 6.45) is 3.86. The summed E-state index contributed by atoms with van der Waals surface area (Å²) in [4.78, 5) is 15.5. The summed E-state index contributed by atoms with van der Waals surface area (Å²) in [5.41, 5.74) is 3.73. The zero-order chi connectivity index (χ0) is 12.9. The van der Waals surface area contributed by atoms with Gasteiger partial charge in [0.2, 0.25) is 0 Å². The Bertz CT molecular complexity index is 674. The summed E-state index contributed by atoms with van der Waals surface area (Å²) >= 11 is 9.50. The standard InChI is InChI=1S/C13H7BrClNO2/c14-12-8(15)2-4-10-11(12)7-5-6(13(17)18)1-3-9(7)16-10/h1-2,4-5H,3H2,(H,17,18). The van der Waals surface area contributed by atoms with Crippen molar-refractivity contribution in [1.82, 2.24) is 0 Å². The lowest BCUT2D eigenvalue weighted by atomic mass is 9.93. The summed E-state index contributed by atoms with van der Waals surface area (Å²) in [5.74, 6) is -0.923. The number of aliphatic carboxylic acids is 1. The molecule has 0 amide bonds. The predicted octanol–water partition coefficient (Wildman–Crippen LogP) is 3.99. The molecule has 3 nitrogen and oxygen atoms in total. The predicted molar refractivity (Wildman–Crippen MR) is 74.6 cm³/mol. The average Bonchev–Trinajstić information content (AvgIpc) is 2.71. The Labute approximate surface area is 117 Å². The highest BCUT2D eigenvalue weighted by molar-refractivity contribution is 9.10. The fraction of sp³-hybridized carbons (Fsp3) is 0.0769. The molecule has 0 radical (unpaired) electrons. The van der Waals surface area contributed by atoms with E-state index in [9.17, 15) is 4.79 Å². The van der Waals surface area contributed by atoms with Crippen LogP contribution >= 0.6 is 27.5 Å². The molecule has 1 aromatic rings. The molecule has 0 saturated heterocycles. The number of carboxylic acid groups (broad SMARTS) is 1. The molecule has 1 N–H and O–H groups in total. The van der Waals surface area contributed by atoms with E-state index in [-0.39, 0.29) is 0 Å². The molecule has 0 saturated carbocycles. The fourth-order valence-electron chi connectivity index (χ4n) is 2.12. The molecule has 1 heterocycles. The van der Waals surface area contributed by atoms with Crippen molar-refractivity contribution in [2.45, 2.75) is 6.42 Å². The van der Waals surface area contributed by atoms with Crippen molar-refractivity contribution >= 4 is 50.5 Å². The molecular formula is C13H7BrClNO2. The normalized spacial score (nSPS) is 16.4. The number of allylic oxidation sites excluding steroid dienone is 2. The zero-order valence-electron chi connectivity index (χ0n) is 9.08. The molecule has 1 aliphatic carbocycles. The third-order valence-electron chi connectivity index (χ3n) is 2.97. The van der Waals surface area contributed by atoms with Gasteiger partial charge < -0.3 is 5.11 Å². The maximum Gasteiger partial charge on any atom is 0.335 e. The summed E-state index contributed by atoms with van der Waals surface area (Å²) in [5, 5.41) is 9.63. The van der Waals surface area contributed by atoms with Gasteiger partial charge in [0.05, 0.1) is 22.0 Å². The quantitative estimate of drug-likeness (QED) is 0.849. The van der Waals surface area contributed by atoms with Gasteiger partial charge in [-0.3, -0.25) is 4.99 Å². The molecule has 0 bridgehead atoms. The van der Waals surface area contributed by atoms with Crippen LogP contribution in [0, 0.1) is 0 Å². The van der Waals surface area contributed by atoms with E-state index < -0.39 is 5.97 Å². The molecule has 1 aromatic carbocycles. The number of hydrogen-bond acceptors (Lipinski definition) is 2. The largest absolute Gasteiger partial charge is 0.478 e. The molecule has 0 aromatic heterocycles. The summed E-state index contributed by atoms with van der Waals surface area (Å²) < 4.78 is 0.762. The molecular weight excluding hydrogens is 318 g/mol. The molecule has 5 heteroatoms. The number of halogens is 2. The third-order valence-corrected chi connectivity index (χ3v) is 4.34. The van der Waals surface area contributed by atoms with E-state index in [1.54, 1.807) is 18.2 Å². The van der Waals surface area contributed by atoms with Crippen LogP contribution in [0.1, 0.15) is 12.0 Å². The molecule has 18 heavy (non-hydrogen) atoms. The van der Waals surface area contributed by atoms with E-state index in [0.717, 1.165) is 27.0 Å². The SMILES string of the molecule is O=C(O)C1=CCC2=Nc3ccc(Cl)c(Br)c3C2=C1. The smallest absolute Gasteiger partial charge is 0.335 e. The van der Waals surface area contributed by atoms with Crippen molar-refractivity contribution < 1.29 is 9.90 Å². The van der Waals surface area contributed by atoms with Crippen LogP contribution in [0.5, 0.6) is 0 Å². The van der Waals surface area contributed by atoms with E-state index in [1.807, 2.05) is 6.07 Å². The van der Waals surface area contributed by atoms with E-state index in [4.69, 9.17) is 16.7 Å². The summed E-state index contributed by atoms with van der Waals surface area (Å²) in [6, 6.07) is 3.62. The second-order valence-corrected chi connectivity index (χ2v) is 5.24. The molecule has 90 valence electrons. The number of nitrogens with zero attached hydrogens (tertiary/aromatic N) is 1. The van der Waals surface area contributed by atoms with Crippen molar-refractivity contribution in [1.29, 1.82) is 0 Å². The Kier molecular flexibility index (Phi) is 2.64. The van der Waals surface area contributed by atoms with Gasteiger partial charge in [-0.2, -0.15) is 0 Å². The highest BCUT2D eigenvalue weighted by atomic mass is 79.9. The Morgan fingerprint density at radius 2 is 2.22 bits per heavy atom. The topological polar surface area (TPSA) is 49.7 Å². The Hall–Kier alpha value is -1.39. The van der Waals surface area contributed by atoms with Crippen LogP contribution in [0.2, 0.25) is 5.02 Å². The minimum Gasteiger partial charge on any atom is -0.478 e. The number of aliphatic imine (C=N–C) groups is 1. The molecule has 1 aliphatic heterocycles. The number of carboxylic acids is 1. The molecule has 0 unspecified atom stereocenters. The van der Waals surface area contributed by atoms with Crippen LogP contribution in [0.25, 0.3) is 5.57 Å². The number of rotatable bonds is 1. The van der Waals surface area contributed by atoms with Crippen LogP contribution in [0.15, 0.2) is 39.3 Å².